The van der Waals surface area contributed by atoms with Gasteiger partial charge in [-0.15, -0.1) is 0 Å². The molecule has 1 aliphatic heterocycles. The minimum absolute atomic E-state index is 0.00375. The second-order valence-corrected chi connectivity index (χ2v) is 7.01. The first-order chi connectivity index (χ1) is 13.9. The van der Waals surface area contributed by atoms with Crippen LogP contribution in [0.5, 0.6) is 0 Å². The summed E-state index contributed by atoms with van der Waals surface area (Å²) in [5.41, 5.74) is 1.87. The van der Waals surface area contributed by atoms with Crippen LogP contribution in [0.3, 0.4) is 0 Å². The third-order valence-electron chi connectivity index (χ3n) is 5.02. The van der Waals surface area contributed by atoms with Gasteiger partial charge in [-0.2, -0.15) is 0 Å². The van der Waals surface area contributed by atoms with Crippen molar-refractivity contribution in [1.29, 1.82) is 0 Å². The van der Waals surface area contributed by atoms with Gasteiger partial charge in [-0.25, -0.2) is 0 Å². The van der Waals surface area contributed by atoms with Crippen LogP contribution in [0.15, 0.2) is 54.6 Å². The van der Waals surface area contributed by atoms with E-state index in [-0.39, 0.29) is 30.0 Å². The summed E-state index contributed by atoms with van der Waals surface area (Å²) < 4.78 is 0. The molecule has 0 unspecified atom stereocenters. The number of amides is 2. The highest BCUT2D eigenvalue weighted by Gasteiger charge is 2.25. The van der Waals surface area contributed by atoms with Crippen molar-refractivity contribution >= 4 is 23.2 Å². The van der Waals surface area contributed by atoms with Crippen molar-refractivity contribution in [1.82, 2.24) is 10.2 Å². The van der Waals surface area contributed by atoms with E-state index in [0.717, 1.165) is 11.3 Å². The topological polar surface area (TPSA) is 95.8 Å². The average molecular weight is 396 g/mol. The van der Waals surface area contributed by atoms with Gasteiger partial charge in [0, 0.05) is 50.9 Å². The van der Waals surface area contributed by atoms with Crippen LogP contribution in [0.1, 0.15) is 24.9 Å². The van der Waals surface area contributed by atoms with Crippen molar-refractivity contribution in [3.8, 4) is 0 Å². The molecule has 2 aromatic carbocycles. The van der Waals surface area contributed by atoms with Crippen molar-refractivity contribution < 1.29 is 14.5 Å². The highest BCUT2D eigenvalue weighted by Crippen LogP contribution is 2.22. The van der Waals surface area contributed by atoms with Crippen LogP contribution in [0.2, 0.25) is 0 Å². The van der Waals surface area contributed by atoms with E-state index in [2.05, 4.69) is 10.2 Å². The van der Waals surface area contributed by atoms with Crippen molar-refractivity contribution in [3.05, 3.63) is 70.3 Å². The number of benzene rings is 2. The molecule has 2 aromatic rings. The molecule has 1 N–H and O–H groups in total. The zero-order valence-electron chi connectivity index (χ0n) is 16.3. The summed E-state index contributed by atoms with van der Waals surface area (Å²) in [6, 6.07) is 15.6. The Morgan fingerprint density at radius 1 is 1.03 bits per heavy atom. The summed E-state index contributed by atoms with van der Waals surface area (Å²) >= 11 is 0. The van der Waals surface area contributed by atoms with E-state index in [0.29, 0.717) is 26.2 Å². The molecule has 1 fully saturated rings. The molecule has 2 amide bonds. The van der Waals surface area contributed by atoms with Crippen molar-refractivity contribution in [3.63, 3.8) is 0 Å². The Hall–Kier alpha value is -3.42. The monoisotopic (exact) mass is 396 g/mol. The largest absolute Gasteiger partial charge is 0.368 e. The number of nitro groups is 1. The summed E-state index contributed by atoms with van der Waals surface area (Å²) in [6.07, 6.45) is 0.209. The van der Waals surface area contributed by atoms with E-state index in [4.69, 9.17) is 0 Å². The zero-order chi connectivity index (χ0) is 20.8. The summed E-state index contributed by atoms with van der Waals surface area (Å²) in [6.45, 7) is 3.89. The lowest BCUT2D eigenvalue weighted by molar-refractivity contribution is -0.384. The summed E-state index contributed by atoms with van der Waals surface area (Å²) in [5.74, 6) is -0.175. The van der Waals surface area contributed by atoms with Crippen molar-refractivity contribution in [2.75, 3.05) is 31.1 Å². The number of nitrogens with one attached hydrogen (secondary N) is 1. The lowest BCUT2D eigenvalue weighted by Crippen LogP contribution is -2.49. The number of carbonyl (C=O) groups excluding carboxylic acids is 2. The second-order valence-electron chi connectivity index (χ2n) is 7.01. The number of hydrogen-bond acceptors (Lipinski definition) is 5. The molecular weight excluding hydrogens is 372 g/mol. The first kappa shape index (κ1) is 20.3. The van der Waals surface area contributed by atoms with Crippen LogP contribution in [-0.2, 0) is 9.59 Å². The molecule has 0 spiro atoms. The molecule has 0 aromatic heterocycles. The maximum Gasteiger partial charge on any atom is 0.269 e. The Morgan fingerprint density at radius 2 is 1.66 bits per heavy atom. The predicted octanol–water partition coefficient (Wildman–Crippen LogP) is 2.51. The average Bonchev–Trinajstić information content (AvgIpc) is 2.73. The number of anilines is 1. The van der Waals surface area contributed by atoms with Crippen LogP contribution in [-0.4, -0.2) is 47.8 Å². The van der Waals surface area contributed by atoms with Gasteiger partial charge in [-0.1, -0.05) is 30.3 Å². The standard InChI is InChI=1S/C21H24N4O4/c1-16(26)22-20(17-5-3-2-4-6-17)15-21(27)24-13-11-23(12-14-24)18-7-9-19(10-8-18)25(28)29/h2-10,20H,11-15H2,1H3,(H,22,26)/t20-/m1/s1. The van der Waals surface area contributed by atoms with Crippen LogP contribution >= 0.6 is 0 Å². The molecule has 0 bridgehead atoms. The molecule has 8 nitrogen and oxygen atoms in total. The lowest BCUT2D eigenvalue weighted by atomic mass is 10.0. The number of nitrogens with zero attached hydrogens (tertiary/aromatic N) is 3. The zero-order valence-corrected chi connectivity index (χ0v) is 16.3. The minimum Gasteiger partial charge on any atom is -0.368 e. The predicted molar refractivity (Wildman–Crippen MR) is 110 cm³/mol. The normalized spacial score (nSPS) is 14.9. The molecule has 29 heavy (non-hydrogen) atoms. The van der Waals surface area contributed by atoms with Crippen LogP contribution in [0.4, 0.5) is 11.4 Å². The smallest absolute Gasteiger partial charge is 0.269 e. The molecule has 0 aliphatic carbocycles. The summed E-state index contributed by atoms with van der Waals surface area (Å²) in [4.78, 5) is 38.7. The minimum atomic E-state index is -0.418. The molecule has 1 saturated heterocycles. The van der Waals surface area contributed by atoms with Crippen molar-refractivity contribution in [2.45, 2.75) is 19.4 Å². The van der Waals surface area contributed by atoms with E-state index in [1.165, 1.54) is 19.1 Å². The molecule has 152 valence electrons. The Balaban J connectivity index is 1.58. The Kier molecular flexibility index (Phi) is 6.43. The molecule has 3 rings (SSSR count). The number of rotatable bonds is 6. The van der Waals surface area contributed by atoms with Gasteiger partial charge < -0.3 is 15.1 Å². The van der Waals surface area contributed by atoms with E-state index in [1.807, 2.05) is 30.3 Å². The summed E-state index contributed by atoms with van der Waals surface area (Å²) in [7, 11) is 0. The van der Waals surface area contributed by atoms with E-state index < -0.39 is 4.92 Å². The van der Waals surface area contributed by atoms with Gasteiger partial charge in [0.05, 0.1) is 17.4 Å². The highest BCUT2D eigenvalue weighted by atomic mass is 16.6. The number of carbonyl (C=O) groups is 2. The third kappa shape index (κ3) is 5.31. The van der Waals surface area contributed by atoms with Gasteiger partial charge in [-0.05, 0) is 17.7 Å². The Morgan fingerprint density at radius 3 is 2.21 bits per heavy atom. The first-order valence-electron chi connectivity index (χ1n) is 9.53. The Labute approximate surface area is 169 Å². The quantitative estimate of drug-likeness (QED) is 0.598. The van der Waals surface area contributed by atoms with Crippen molar-refractivity contribution in [2.24, 2.45) is 0 Å². The van der Waals surface area contributed by atoms with E-state index in [1.54, 1.807) is 17.0 Å². The SMILES string of the molecule is CC(=O)N[C@H](CC(=O)N1CCN(c2ccc([N+](=O)[O-])cc2)CC1)c1ccccc1. The molecular formula is C21H24N4O4. The number of non-ortho nitro benzene ring substituents is 1. The highest BCUT2D eigenvalue weighted by molar-refractivity contribution is 5.79. The maximum atomic E-state index is 12.8. The maximum absolute atomic E-state index is 12.8. The third-order valence-corrected chi connectivity index (χ3v) is 5.02. The van der Waals surface area contributed by atoms with Gasteiger partial charge in [0.25, 0.3) is 5.69 Å². The molecule has 1 aliphatic rings. The van der Waals surface area contributed by atoms with Crippen LogP contribution < -0.4 is 10.2 Å². The fourth-order valence-corrected chi connectivity index (χ4v) is 3.49. The molecule has 0 saturated carbocycles. The van der Waals surface area contributed by atoms with Gasteiger partial charge >= 0.3 is 0 Å². The first-order valence-corrected chi connectivity index (χ1v) is 9.53. The van der Waals surface area contributed by atoms with Crippen LogP contribution in [0, 0.1) is 10.1 Å². The molecule has 1 heterocycles. The van der Waals surface area contributed by atoms with Crippen LogP contribution in [0.25, 0.3) is 0 Å². The molecule has 1 atom stereocenters. The number of piperazine rings is 1. The summed E-state index contributed by atoms with van der Waals surface area (Å²) in [5, 5.41) is 13.6. The van der Waals surface area contributed by atoms with Gasteiger partial charge in [0.2, 0.25) is 11.8 Å². The number of hydrogen-bond donors (Lipinski definition) is 1. The van der Waals surface area contributed by atoms with E-state index >= 15 is 0 Å². The second kappa shape index (κ2) is 9.18. The van der Waals surface area contributed by atoms with E-state index in [9.17, 15) is 19.7 Å². The lowest BCUT2D eigenvalue weighted by Gasteiger charge is -2.36. The van der Waals surface area contributed by atoms with Gasteiger partial charge in [-0.3, -0.25) is 19.7 Å². The molecule has 8 heteroatoms. The van der Waals surface area contributed by atoms with Gasteiger partial charge in [0.15, 0.2) is 0 Å². The number of nitro benzene ring substituents is 1. The fourth-order valence-electron chi connectivity index (χ4n) is 3.49. The Bertz CT molecular complexity index is 862. The molecule has 0 radical (unpaired) electrons. The fraction of sp³-hybridized carbons (Fsp3) is 0.333. The van der Waals surface area contributed by atoms with Gasteiger partial charge in [0.1, 0.15) is 0 Å².